The number of nitrogen functional groups attached to an aromatic ring is 1. The van der Waals surface area contributed by atoms with Crippen LogP contribution in [0.2, 0.25) is 0 Å². The van der Waals surface area contributed by atoms with Crippen LogP contribution in [0.4, 0.5) is 4.79 Å². The highest BCUT2D eigenvalue weighted by atomic mass is 32.2. The van der Waals surface area contributed by atoms with E-state index >= 15 is 0 Å². The molecule has 5 rings (SSSR count). The van der Waals surface area contributed by atoms with E-state index in [-0.39, 0.29) is 29.9 Å². The summed E-state index contributed by atoms with van der Waals surface area (Å²) in [6, 6.07) is 18.2. The van der Waals surface area contributed by atoms with Crippen molar-refractivity contribution >= 4 is 38.6 Å². The van der Waals surface area contributed by atoms with E-state index in [0.29, 0.717) is 31.5 Å². The second-order valence-electron chi connectivity index (χ2n) is 10.6. The fourth-order valence-corrected chi connectivity index (χ4v) is 7.21. The average Bonchev–Trinajstić information content (AvgIpc) is 3.33. The number of carbonyl (C=O) groups excluding carboxylic acids is 2. The molecule has 216 valence electrons. The quantitative estimate of drug-likeness (QED) is 0.233. The largest absolute Gasteiger partial charge is 0.384 e. The Hall–Kier alpha value is -3.96. The van der Waals surface area contributed by atoms with Crippen LogP contribution < -0.4 is 11.2 Å². The number of hydrogen-bond donors (Lipinski definition) is 3. The number of sulfonamides is 1. The first-order valence-electron chi connectivity index (χ1n) is 14.0. The molecule has 3 aromatic carbocycles. The van der Waals surface area contributed by atoms with Crippen LogP contribution in [-0.2, 0) is 21.4 Å². The van der Waals surface area contributed by atoms with E-state index in [4.69, 9.17) is 11.1 Å². The number of hydrogen-bond acceptors (Lipinski definition) is 5. The maximum atomic E-state index is 13.7. The van der Waals surface area contributed by atoms with Crippen LogP contribution >= 0.6 is 0 Å². The van der Waals surface area contributed by atoms with Crippen LogP contribution in [0.1, 0.15) is 49.7 Å². The number of amidine groups is 1. The minimum Gasteiger partial charge on any atom is -0.384 e. The molecule has 2 fully saturated rings. The van der Waals surface area contributed by atoms with Crippen molar-refractivity contribution in [1.82, 2.24) is 19.6 Å². The van der Waals surface area contributed by atoms with Crippen molar-refractivity contribution in [3.05, 3.63) is 77.9 Å². The lowest BCUT2D eigenvalue weighted by atomic mass is 10.1. The average molecular weight is 577 g/mol. The molecule has 2 saturated heterocycles. The molecule has 3 aromatic rings. The first-order valence-corrected chi connectivity index (χ1v) is 15.5. The maximum absolute atomic E-state index is 13.7. The monoisotopic (exact) mass is 576 g/mol. The van der Waals surface area contributed by atoms with Crippen molar-refractivity contribution in [2.45, 2.75) is 56.0 Å². The van der Waals surface area contributed by atoms with Gasteiger partial charge in [0.1, 0.15) is 11.9 Å². The zero-order valence-electron chi connectivity index (χ0n) is 23.0. The second-order valence-corrected chi connectivity index (χ2v) is 12.5. The number of rotatable bonds is 6. The number of amides is 3. The number of urea groups is 1. The minimum atomic E-state index is -3.95. The van der Waals surface area contributed by atoms with Crippen molar-refractivity contribution in [3.8, 4) is 0 Å². The summed E-state index contributed by atoms with van der Waals surface area (Å²) < 4.78 is 28.7. The molecule has 10 nitrogen and oxygen atoms in total. The van der Waals surface area contributed by atoms with Crippen molar-refractivity contribution in [2.24, 2.45) is 5.73 Å². The van der Waals surface area contributed by atoms with Gasteiger partial charge in [-0.3, -0.25) is 15.6 Å². The lowest BCUT2D eigenvalue weighted by molar-refractivity contribution is -0.128. The summed E-state index contributed by atoms with van der Waals surface area (Å²) in [5.74, 6) is -0.591. The Bertz CT molecular complexity index is 1530. The van der Waals surface area contributed by atoms with Crippen LogP contribution in [0.25, 0.3) is 10.8 Å². The number of carbonyl (C=O) groups is 2. The van der Waals surface area contributed by atoms with Gasteiger partial charge in [0.2, 0.25) is 10.0 Å². The topological polar surface area (TPSA) is 140 Å². The van der Waals surface area contributed by atoms with Gasteiger partial charge in [0.25, 0.3) is 5.91 Å². The predicted octanol–water partition coefficient (Wildman–Crippen LogP) is 3.81. The molecular formula is C30H36N6O4S. The molecule has 1 unspecified atom stereocenters. The van der Waals surface area contributed by atoms with E-state index in [2.05, 4.69) is 5.43 Å². The normalized spacial score (nSPS) is 18.1. The first kappa shape index (κ1) is 28.6. The Morgan fingerprint density at radius 1 is 0.902 bits per heavy atom. The number of benzene rings is 3. The van der Waals surface area contributed by atoms with E-state index < -0.39 is 22.0 Å². The smallest absolute Gasteiger partial charge is 0.339 e. The van der Waals surface area contributed by atoms with Gasteiger partial charge in [-0.05, 0) is 54.2 Å². The number of nitrogens with two attached hydrogens (primary N) is 1. The van der Waals surface area contributed by atoms with E-state index in [1.807, 2.05) is 24.3 Å². The number of fused-ring (bicyclic) bond motifs is 1. The number of hydrazine groups is 1. The molecule has 1 atom stereocenters. The van der Waals surface area contributed by atoms with Crippen molar-refractivity contribution in [3.63, 3.8) is 0 Å². The molecule has 4 N–H and O–H groups in total. The minimum absolute atomic E-state index is 0.0590. The molecule has 11 heteroatoms. The third-order valence-electron chi connectivity index (χ3n) is 7.79. The fraction of sp³-hybridized carbons (Fsp3) is 0.367. The molecule has 0 spiro atoms. The van der Waals surface area contributed by atoms with Crippen LogP contribution in [0.3, 0.4) is 0 Å². The van der Waals surface area contributed by atoms with Gasteiger partial charge in [-0.1, -0.05) is 67.4 Å². The molecule has 3 amide bonds. The van der Waals surface area contributed by atoms with Gasteiger partial charge >= 0.3 is 6.03 Å². The molecule has 2 aliphatic rings. The van der Waals surface area contributed by atoms with Gasteiger partial charge in [0, 0.05) is 25.2 Å². The Balaban J connectivity index is 1.38. The SMILES string of the molecule is N=C(N)c1ccc(CN(NC(=O)C2CCCN2S(=O)(=O)c2ccc3ccccc3c2)C(=O)N2CCCCCC2)cc1. The number of nitrogens with one attached hydrogen (secondary N) is 2. The standard InChI is InChI=1S/C30H36N6O4S/c31-28(32)24-13-11-22(12-14-24)21-35(30(38)34-17-5-1-2-6-18-34)33-29(37)27-10-7-19-36(27)41(39,40)26-16-15-23-8-3-4-9-25(23)20-26/h3-4,8-9,11-16,20,27H,1-2,5-7,10,17-19,21H2,(H3,31,32)(H,33,37). The summed E-state index contributed by atoms with van der Waals surface area (Å²) in [5, 5.41) is 10.6. The zero-order valence-corrected chi connectivity index (χ0v) is 23.8. The van der Waals surface area contributed by atoms with Crippen LogP contribution in [0.15, 0.2) is 71.6 Å². The van der Waals surface area contributed by atoms with Gasteiger partial charge in [-0.2, -0.15) is 4.31 Å². The summed E-state index contributed by atoms with van der Waals surface area (Å²) in [6.45, 7) is 1.50. The molecule has 0 bridgehead atoms. The summed E-state index contributed by atoms with van der Waals surface area (Å²) in [7, 11) is -3.95. The third kappa shape index (κ3) is 6.36. The van der Waals surface area contributed by atoms with Crippen LogP contribution in [-0.4, -0.2) is 66.1 Å². The predicted molar refractivity (Wildman–Crippen MR) is 157 cm³/mol. The van der Waals surface area contributed by atoms with Gasteiger partial charge in [-0.25, -0.2) is 18.2 Å². The van der Waals surface area contributed by atoms with E-state index in [0.717, 1.165) is 42.0 Å². The number of nitrogens with zero attached hydrogens (tertiary/aromatic N) is 3. The zero-order chi connectivity index (χ0) is 29.0. The Labute approximate surface area is 240 Å². The molecule has 41 heavy (non-hydrogen) atoms. The lowest BCUT2D eigenvalue weighted by Gasteiger charge is -2.32. The molecular weight excluding hydrogens is 540 g/mol. The van der Waals surface area contributed by atoms with Crippen LogP contribution in [0, 0.1) is 5.41 Å². The van der Waals surface area contributed by atoms with Gasteiger partial charge < -0.3 is 10.6 Å². The highest BCUT2D eigenvalue weighted by Crippen LogP contribution is 2.28. The van der Waals surface area contributed by atoms with E-state index in [1.165, 1.54) is 9.31 Å². The number of likely N-dealkylation sites (tertiary alicyclic amines) is 1. The second kappa shape index (κ2) is 12.3. The van der Waals surface area contributed by atoms with Gasteiger partial charge in [-0.15, -0.1) is 0 Å². The highest BCUT2D eigenvalue weighted by molar-refractivity contribution is 7.89. The molecule has 2 heterocycles. The first-order chi connectivity index (χ1) is 19.7. The lowest BCUT2D eigenvalue weighted by Crippen LogP contribution is -2.56. The van der Waals surface area contributed by atoms with Crippen LogP contribution in [0.5, 0.6) is 0 Å². The Morgan fingerprint density at radius 3 is 2.27 bits per heavy atom. The molecule has 2 aliphatic heterocycles. The summed E-state index contributed by atoms with van der Waals surface area (Å²) in [4.78, 5) is 29.2. The molecule has 0 aromatic heterocycles. The van der Waals surface area contributed by atoms with E-state index in [9.17, 15) is 18.0 Å². The molecule has 0 radical (unpaired) electrons. The third-order valence-corrected chi connectivity index (χ3v) is 9.70. The highest BCUT2D eigenvalue weighted by Gasteiger charge is 2.40. The fourth-order valence-electron chi connectivity index (χ4n) is 5.52. The maximum Gasteiger partial charge on any atom is 0.339 e. The van der Waals surface area contributed by atoms with Gasteiger partial charge in [0.05, 0.1) is 11.4 Å². The van der Waals surface area contributed by atoms with Gasteiger partial charge in [0.15, 0.2) is 0 Å². The summed E-state index contributed by atoms with van der Waals surface area (Å²) in [6.07, 6.45) is 4.77. The van der Waals surface area contributed by atoms with Crippen molar-refractivity contribution in [2.75, 3.05) is 19.6 Å². The summed E-state index contributed by atoms with van der Waals surface area (Å²) >= 11 is 0. The van der Waals surface area contributed by atoms with Crippen molar-refractivity contribution < 1.29 is 18.0 Å². The Kier molecular flexibility index (Phi) is 8.55. The molecule has 0 aliphatic carbocycles. The van der Waals surface area contributed by atoms with E-state index in [1.54, 1.807) is 47.4 Å². The molecule has 0 saturated carbocycles. The summed E-state index contributed by atoms with van der Waals surface area (Å²) in [5.41, 5.74) is 9.66. The van der Waals surface area contributed by atoms with Crippen molar-refractivity contribution in [1.29, 1.82) is 5.41 Å². The Morgan fingerprint density at radius 2 is 1.59 bits per heavy atom.